The monoisotopic (exact) mass is 291 g/mol. The van der Waals surface area contributed by atoms with Crippen LogP contribution in [0, 0.1) is 0 Å². The van der Waals surface area contributed by atoms with Gasteiger partial charge in [0.1, 0.15) is 0 Å². The number of thiocarbonyl (C=S) groups is 1. The zero-order valence-electron chi connectivity index (χ0n) is 10.8. The Bertz CT molecular complexity index is 402. The van der Waals surface area contributed by atoms with Crippen LogP contribution in [0.5, 0.6) is 0 Å². The molecule has 0 spiro atoms. The summed E-state index contributed by atoms with van der Waals surface area (Å²) in [6.07, 6.45) is 7.49. The van der Waals surface area contributed by atoms with Crippen LogP contribution in [0.1, 0.15) is 39.0 Å². The van der Waals surface area contributed by atoms with Gasteiger partial charge in [0.2, 0.25) is 0 Å². The molecule has 0 radical (unpaired) electrons. The molecule has 0 bridgehead atoms. The lowest BCUT2D eigenvalue weighted by Crippen LogP contribution is -2.25. The quantitative estimate of drug-likeness (QED) is 0.575. The minimum absolute atomic E-state index is 0.0347. The molecule has 6 heteroatoms. The summed E-state index contributed by atoms with van der Waals surface area (Å²) in [5.74, 6) is 0.127. The molecule has 0 aliphatic carbocycles. The van der Waals surface area contributed by atoms with Crippen LogP contribution in [0.3, 0.4) is 0 Å². The van der Waals surface area contributed by atoms with Crippen molar-refractivity contribution in [3.05, 3.63) is 11.8 Å². The molecule has 0 unspecified atom stereocenters. The van der Waals surface area contributed by atoms with Gasteiger partial charge in [-0.05, 0) is 24.7 Å². The average molecular weight is 291 g/mol. The van der Waals surface area contributed by atoms with Gasteiger partial charge in [-0.3, -0.25) is 0 Å². The largest absolute Gasteiger partial charge is 0.471 e. The minimum Gasteiger partial charge on any atom is -0.471 e. The first kappa shape index (κ1) is 15.4. The number of unbranched alkanes of at least 4 members (excludes halogenated alkanes) is 4. The molecule has 104 valence electrons. The van der Waals surface area contributed by atoms with E-state index in [1.165, 1.54) is 19.3 Å². The van der Waals surface area contributed by atoms with Gasteiger partial charge in [-0.15, -0.1) is 0 Å². The van der Waals surface area contributed by atoms with E-state index in [0.29, 0.717) is 12.3 Å². The molecule has 0 fully saturated rings. The van der Waals surface area contributed by atoms with E-state index < -0.39 is 9.84 Å². The Balaban J connectivity index is 2.08. The van der Waals surface area contributed by atoms with Crippen LogP contribution < -0.4 is 5.32 Å². The van der Waals surface area contributed by atoms with E-state index in [9.17, 15) is 8.42 Å². The third-order valence-electron chi connectivity index (χ3n) is 2.70. The van der Waals surface area contributed by atoms with Gasteiger partial charge in [0.05, 0.1) is 18.1 Å². The van der Waals surface area contributed by atoms with Gasteiger partial charge in [0, 0.05) is 5.70 Å². The van der Waals surface area contributed by atoms with Crippen molar-refractivity contribution in [3.8, 4) is 0 Å². The summed E-state index contributed by atoms with van der Waals surface area (Å²) in [6.45, 7) is 2.77. The van der Waals surface area contributed by atoms with E-state index in [1.807, 2.05) is 0 Å². The number of rotatable bonds is 7. The predicted molar refractivity (Wildman–Crippen MR) is 77.2 cm³/mol. The van der Waals surface area contributed by atoms with Gasteiger partial charge in [-0.25, -0.2) is 8.42 Å². The Morgan fingerprint density at radius 1 is 1.39 bits per heavy atom. The van der Waals surface area contributed by atoms with Crippen LogP contribution in [0.15, 0.2) is 11.8 Å². The van der Waals surface area contributed by atoms with Crippen molar-refractivity contribution in [1.29, 1.82) is 0 Å². The highest BCUT2D eigenvalue weighted by atomic mass is 32.2. The smallest absolute Gasteiger partial charge is 0.260 e. The molecule has 1 heterocycles. The topological polar surface area (TPSA) is 55.4 Å². The maximum Gasteiger partial charge on any atom is 0.260 e. The molecule has 1 N–H and O–H groups in total. The Hall–Kier alpha value is -0.620. The van der Waals surface area contributed by atoms with Gasteiger partial charge < -0.3 is 10.1 Å². The van der Waals surface area contributed by atoms with E-state index in [1.54, 1.807) is 6.08 Å². The minimum atomic E-state index is -2.95. The summed E-state index contributed by atoms with van der Waals surface area (Å²) in [6, 6.07) is 0. The van der Waals surface area contributed by atoms with Gasteiger partial charge in [0.15, 0.2) is 9.84 Å². The fourth-order valence-corrected chi connectivity index (χ4v) is 3.16. The van der Waals surface area contributed by atoms with Crippen molar-refractivity contribution in [3.63, 3.8) is 0 Å². The molecule has 1 rings (SSSR count). The van der Waals surface area contributed by atoms with E-state index in [4.69, 9.17) is 17.0 Å². The molecular weight excluding hydrogens is 270 g/mol. The van der Waals surface area contributed by atoms with Crippen LogP contribution in [0.4, 0.5) is 0 Å². The van der Waals surface area contributed by atoms with Crippen molar-refractivity contribution in [2.24, 2.45) is 0 Å². The second-order valence-corrected chi connectivity index (χ2v) is 6.94. The van der Waals surface area contributed by atoms with Crippen LogP contribution in [-0.2, 0) is 14.6 Å². The Morgan fingerprint density at radius 2 is 2.11 bits per heavy atom. The van der Waals surface area contributed by atoms with Crippen molar-refractivity contribution in [2.75, 3.05) is 18.1 Å². The number of nitrogens with one attached hydrogen (secondary N) is 1. The highest BCUT2D eigenvalue weighted by Crippen LogP contribution is 2.08. The van der Waals surface area contributed by atoms with Crippen molar-refractivity contribution >= 4 is 27.2 Å². The summed E-state index contributed by atoms with van der Waals surface area (Å²) in [7, 11) is -2.95. The summed E-state index contributed by atoms with van der Waals surface area (Å²) < 4.78 is 27.8. The Labute approximate surface area is 115 Å². The van der Waals surface area contributed by atoms with Crippen molar-refractivity contribution in [1.82, 2.24) is 5.32 Å². The molecule has 0 aromatic heterocycles. The number of hydrogen-bond acceptors (Lipinski definition) is 4. The number of hydrogen-bond donors (Lipinski definition) is 1. The lowest BCUT2D eigenvalue weighted by atomic mass is 10.2. The lowest BCUT2D eigenvalue weighted by molar-refractivity contribution is 0.289. The predicted octanol–water partition coefficient (Wildman–Crippen LogP) is 2.16. The molecule has 0 saturated carbocycles. The molecule has 0 atom stereocenters. The Morgan fingerprint density at radius 3 is 2.72 bits per heavy atom. The molecule has 18 heavy (non-hydrogen) atoms. The summed E-state index contributed by atoms with van der Waals surface area (Å²) in [5.41, 5.74) is 0.631. The molecule has 4 nitrogen and oxygen atoms in total. The second-order valence-electron chi connectivity index (χ2n) is 4.46. The zero-order chi connectivity index (χ0) is 13.4. The van der Waals surface area contributed by atoms with Crippen molar-refractivity contribution < 1.29 is 13.2 Å². The average Bonchev–Trinajstić information content (AvgIpc) is 2.63. The van der Waals surface area contributed by atoms with Gasteiger partial charge in [-0.2, -0.15) is 0 Å². The number of ether oxygens (including phenoxy) is 1. The molecule has 0 aromatic carbocycles. The molecule has 1 aliphatic heterocycles. The Kier molecular flexibility index (Phi) is 6.63. The number of sulfone groups is 1. The maximum atomic E-state index is 11.2. The molecule has 1 aliphatic rings. The summed E-state index contributed by atoms with van der Waals surface area (Å²) in [4.78, 5) is 0. The highest BCUT2D eigenvalue weighted by molar-refractivity contribution is 7.92. The fraction of sp³-hybridized carbons (Fsp3) is 0.750. The van der Waals surface area contributed by atoms with Crippen LogP contribution in [-0.4, -0.2) is 31.7 Å². The van der Waals surface area contributed by atoms with Crippen LogP contribution in [0.25, 0.3) is 0 Å². The third kappa shape index (κ3) is 6.35. The first-order valence-corrected chi connectivity index (χ1v) is 8.59. The maximum absolute atomic E-state index is 11.2. The second kappa shape index (κ2) is 7.74. The zero-order valence-corrected chi connectivity index (χ0v) is 12.4. The molecular formula is C12H21NO3S2. The molecule has 0 amide bonds. The first-order chi connectivity index (χ1) is 8.53. The van der Waals surface area contributed by atoms with Crippen LogP contribution in [0.2, 0.25) is 0 Å². The first-order valence-electron chi connectivity index (χ1n) is 6.37. The summed E-state index contributed by atoms with van der Waals surface area (Å²) in [5, 5.41) is 3.10. The fourth-order valence-electron chi connectivity index (χ4n) is 1.71. The molecule has 0 saturated heterocycles. The van der Waals surface area contributed by atoms with Gasteiger partial charge in [0.25, 0.3) is 5.17 Å². The van der Waals surface area contributed by atoms with E-state index in [0.717, 1.165) is 12.8 Å². The van der Waals surface area contributed by atoms with Gasteiger partial charge >= 0.3 is 0 Å². The summed E-state index contributed by atoms with van der Waals surface area (Å²) >= 11 is 5.00. The third-order valence-corrected chi connectivity index (χ3v) is 4.35. The van der Waals surface area contributed by atoms with Crippen molar-refractivity contribution in [2.45, 2.75) is 39.0 Å². The highest BCUT2D eigenvalue weighted by Gasteiger charge is 2.20. The normalized spacial score (nSPS) is 17.3. The van der Waals surface area contributed by atoms with E-state index in [2.05, 4.69) is 12.2 Å². The SMILES string of the molecule is CCCCCCCOC(=S)NC1=CCS(=O)(=O)C1. The lowest BCUT2D eigenvalue weighted by Gasteiger charge is -2.09. The van der Waals surface area contributed by atoms with Crippen LogP contribution >= 0.6 is 12.2 Å². The molecule has 0 aromatic rings. The standard InChI is InChI=1S/C12H21NO3S2/c1-2-3-4-5-6-8-16-12(17)13-11-7-9-18(14,15)10-11/h7H,2-6,8-10H2,1H3,(H,13,17). The van der Waals surface area contributed by atoms with E-state index >= 15 is 0 Å². The van der Waals surface area contributed by atoms with E-state index in [-0.39, 0.29) is 16.7 Å². The van der Waals surface area contributed by atoms with Gasteiger partial charge in [-0.1, -0.05) is 32.6 Å².